The van der Waals surface area contributed by atoms with Gasteiger partial charge in [-0.2, -0.15) is 0 Å². The van der Waals surface area contributed by atoms with Gasteiger partial charge in [0, 0.05) is 25.6 Å². The Balaban J connectivity index is 1.29. The van der Waals surface area contributed by atoms with Crippen LogP contribution in [0.5, 0.6) is 0 Å². The van der Waals surface area contributed by atoms with Crippen molar-refractivity contribution in [1.29, 1.82) is 0 Å². The Bertz CT molecular complexity index is 1130. The minimum Gasteiger partial charge on any atom is -0.461 e. The quantitative estimate of drug-likeness (QED) is 0.414. The highest BCUT2D eigenvalue weighted by molar-refractivity contribution is 7.71. The van der Waals surface area contributed by atoms with Crippen molar-refractivity contribution >= 4 is 33.8 Å². The first-order chi connectivity index (χ1) is 14.2. The second kappa shape index (κ2) is 7.85. The van der Waals surface area contributed by atoms with Gasteiger partial charge in [-0.05, 0) is 56.2 Å². The molecular weight excluding hydrogens is 402 g/mol. The molecule has 0 unspecified atom stereocenters. The van der Waals surface area contributed by atoms with Gasteiger partial charge >= 0.3 is 0 Å². The fraction of sp³-hybridized carbons (Fsp3) is 0.381. The third-order valence-corrected chi connectivity index (χ3v) is 7.19. The molecule has 5 rings (SSSR count). The van der Waals surface area contributed by atoms with E-state index in [9.17, 15) is 0 Å². The van der Waals surface area contributed by atoms with E-state index < -0.39 is 0 Å². The van der Waals surface area contributed by atoms with Crippen molar-refractivity contribution in [2.24, 2.45) is 0 Å². The van der Waals surface area contributed by atoms with Crippen LogP contribution in [0.4, 0.5) is 0 Å². The summed E-state index contributed by atoms with van der Waals surface area (Å²) in [4.78, 5) is 7.30. The number of fused-ring (bicyclic) bond motifs is 1. The molecule has 3 aromatic heterocycles. The van der Waals surface area contributed by atoms with Gasteiger partial charge in [-0.1, -0.05) is 12.1 Å². The Morgan fingerprint density at radius 1 is 1.17 bits per heavy atom. The van der Waals surface area contributed by atoms with Crippen LogP contribution in [-0.4, -0.2) is 37.3 Å². The number of likely N-dealkylation sites (tertiary alicyclic amines) is 1. The van der Waals surface area contributed by atoms with Crippen LogP contribution in [0.1, 0.15) is 30.7 Å². The highest BCUT2D eigenvalue weighted by atomic mass is 32.1. The standard InChI is InChI=1S/C21H23N5OS2/c1-2-25-19(17-7-5-13-27-17)23-26(21(25)28)14-24-11-9-15(10-12-24)20-22-16-6-3-4-8-18(16)29-20/h3-8,13,15H,2,9-12,14H2,1H3. The molecule has 0 spiro atoms. The largest absolute Gasteiger partial charge is 0.461 e. The van der Waals surface area contributed by atoms with E-state index >= 15 is 0 Å². The number of hydrogen-bond donors (Lipinski definition) is 0. The average molecular weight is 426 g/mol. The van der Waals surface area contributed by atoms with Gasteiger partial charge in [0.15, 0.2) is 16.4 Å². The average Bonchev–Trinajstić information content (AvgIpc) is 3.48. The van der Waals surface area contributed by atoms with Crippen molar-refractivity contribution in [2.75, 3.05) is 13.1 Å². The van der Waals surface area contributed by atoms with E-state index in [4.69, 9.17) is 26.7 Å². The van der Waals surface area contributed by atoms with Gasteiger partial charge in [0.05, 0.1) is 28.2 Å². The number of benzene rings is 1. The maximum Gasteiger partial charge on any atom is 0.199 e. The van der Waals surface area contributed by atoms with Crippen LogP contribution < -0.4 is 0 Å². The summed E-state index contributed by atoms with van der Waals surface area (Å²) in [5.41, 5.74) is 1.12. The second-order valence-corrected chi connectivity index (χ2v) is 8.81. The first-order valence-electron chi connectivity index (χ1n) is 10.0. The molecule has 0 atom stereocenters. The number of piperidine rings is 1. The van der Waals surface area contributed by atoms with E-state index in [-0.39, 0.29) is 0 Å². The van der Waals surface area contributed by atoms with Crippen LogP contribution in [0, 0.1) is 4.77 Å². The van der Waals surface area contributed by atoms with Gasteiger partial charge in [-0.15, -0.1) is 16.4 Å². The van der Waals surface area contributed by atoms with Gasteiger partial charge in [0.25, 0.3) is 0 Å². The summed E-state index contributed by atoms with van der Waals surface area (Å²) >= 11 is 7.52. The zero-order valence-electron chi connectivity index (χ0n) is 16.3. The van der Waals surface area contributed by atoms with Crippen LogP contribution >= 0.6 is 23.6 Å². The molecule has 8 heteroatoms. The lowest BCUT2D eigenvalue weighted by atomic mass is 9.98. The molecule has 1 aliphatic heterocycles. The van der Waals surface area contributed by atoms with Crippen molar-refractivity contribution in [1.82, 2.24) is 24.2 Å². The maximum absolute atomic E-state index is 5.68. The Kier molecular flexibility index (Phi) is 5.07. The topological polar surface area (TPSA) is 52.0 Å². The molecule has 1 aromatic carbocycles. The molecule has 1 saturated heterocycles. The molecular formula is C21H23N5OS2. The monoisotopic (exact) mass is 425 g/mol. The zero-order chi connectivity index (χ0) is 19.8. The summed E-state index contributed by atoms with van der Waals surface area (Å²) < 4.78 is 11.5. The molecule has 4 heterocycles. The van der Waals surface area contributed by atoms with Gasteiger partial charge < -0.3 is 4.42 Å². The Morgan fingerprint density at radius 3 is 2.72 bits per heavy atom. The van der Waals surface area contributed by atoms with Crippen LogP contribution in [-0.2, 0) is 13.2 Å². The molecule has 0 aliphatic carbocycles. The van der Waals surface area contributed by atoms with Crippen LogP contribution in [0.15, 0.2) is 47.1 Å². The molecule has 0 bridgehead atoms. The fourth-order valence-corrected chi connectivity index (χ4v) is 5.43. The molecule has 4 aromatic rings. The van der Waals surface area contributed by atoms with Crippen molar-refractivity contribution in [3.63, 3.8) is 0 Å². The summed E-state index contributed by atoms with van der Waals surface area (Å²) in [7, 11) is 0. The van der Waals surface area contributed by atoms with Crippen LogP contribution in [0.25, 0.3) is 21.8 Å². The smallest absolute Gasteiger partial charge is 0.199 e. The van der Waals surface area contributed by atoms with Crippen molar-refractivity contribution in [3.05, 3.63) is 52.4 Å². The first kappa shape index (κ1) is 18.7. The minimum absolute atomic E-state index is 0.545. The van der Waals surface area contributed by atoms with Gasteiger partial charge in [0.2, 0.25) is 0 Å². The Morgan fingerprint density at radius 2 is 2.00 bits per heavy atom. The zero-order valence-corrected chi connectivity index (χ0v) is 18.0. The van der Waals surface area contributed by atoms with Gasteiger partial charge in [0.1, 0.15) is 0 Å². The summed E-state index contributed by atoms with van der Waals surface area (Å²) in [6, 6.07) is 12.2. The van der Waals surface area contributed by atoms with E-state index in [0.717, 1.165) is 54.3 Å². The van der Waals surface area contributed by atoms with E-state index in [1.807, 2.05) is 32.7 Å². The predicted molar refractivity (Wildman–Crippen MR) is 118 cm³/mol. The summed E-state index contributed by atoms with van der Waals surface area (Å²) in [6.45, 7) is 5.62. The number of hydrogen-bond acceptors (Lipinski definition) is 6. The molecule has 0 amide bonds. The SMILES string of the molecule is CCn1c(-c2ccco2)nn(CN2CCC(c3nc4ccccc4s3)CC2)c1=S. The molecule has 150 valence electrons. The van der Waals surface area contributed by atoms with E-state index in [0.29, 0.717) is 12.6 Å². The summed E-state index contributed by atoms with van der Waals surface area (Å²) in [6.07, 6.45) is 3.91. The maximum atomic E-state index is 5.68. The van der Waals surface area contributed by atoms with Crippen LogP contribution in [0.2, 0.25) is 0 Å². The summed E-state index contributed by atoms with van der Waals surface area (Å²) in [5, 5.41) is 6.03. The minimum atomic E-state index is 0.545. The first-order valence-corrected chi connectivity index (χ1v) is 11.2. The fourth-order valence-electron chi connectivity index (χ4n) is 3.98. The molecule has 1 fully saturated rings. The highest BCUT2D eigenvalue weighted by Gasteiger charge is 2.24. The van der Waals surface area contributed by atoms with Gasteiger partial charge in [-0.25, -0.2) is 9.67 Å². The number of aromatic nitrogens is 4. The molecule has 0 radical (unpaired) electrons. The Hall–Kier alpha value is -2.29. The number of rotatable bonds is 5. The van der Waals surface area contributed by atoms with Crippen molar-refractivity contribution < 1.29 is 4.42 Å². The van der Waals surface area contributed by atoms with E-state index in [1.165, 1.54) is 9.71 Å². The highest BCUT2D eigenvalue weighted by Crippen LogP contribution is 2.34. The molecule has 29 heavy (non-hydrogen) atoms. The van der Waals surface area contributed by atoms with Gasteiger partial charge in [-0.3, -0.25) is 9.47 Å². The van der Waals surface area contributed by atoms with Crippen molar-refractivity contribution in [3.8, 4) is 11.6 Å². The molecule has 1 aliphatic rings. The summed E-state index contributed by atoms with van der Waals surface area (Å²) in [5.74, 6) is 2.10. The molecule has 0 saturated carbocycles. The number of thiazole rings is 1. The Labute approximate surface area is 178 Å². The lowest BCUT2D eigenvalue weighted by Crippen LogP contribution is -2.34. The van der Waals surface area contributed by atoms with E-state index in [1.54, 1.807) is 6.26 Å². The normalized spacial score (nSPS) is 16.0. The third kappa shape index (κ3) is 3.56. The van der Waals surface area contributed by atoms with E-state index in [2.05, 4.69) is 36.1 Å². The number of furan rings is 1. The lowest BCUT2D eigenvalue weighted by molar-refractivity contribution is 0.160. The van der Waals surface area contributed by atoms with Crippen LogP contribution in [0.3, 0.4) is 0 Å². The molecule has 6 nitrogen and oxygen atoms in total. The molecule has 0 N–H and O–H groups in total. The third-order valence-electron chi connectivity index (χ3n) is 5.56. The predicted octanol–water partition coefficient (Wildman–Crippen LogP) is 5.14. The van der Waals surface area contributed by atoms with Crippen molar-refractivity contribution in [2.45, 2.75) is 38.9 Å². The second-order valence-electron chi connectivity index (χ2n) is 7.38. The number of nitrogens with zero attached hydrogens (tertiary/aromatic N) is 5. The lowest BCUT2D eigenvalue weighted by Gasteiger charge is -2.30. The number of para-hydroxylation sites is 1.